The van der Waals surface area contributed by atoms with Crippen LogP contribution in [-0.2, 0) is 5.41 Å². The summed E-state index contributed by atoms with van der Waals surface area (Å²) in [5.74, 6) is 1.73. The SMILES string of the molecule is Cc1ccc(C(C)(C)C)c(OCC2CCNC2)c1. The molecule has 1 aliphatic heterocycles. The summed E-state index contributed by atoms with van der Waals surface area (Å²) in [6.45, 7) is 11.9. The Balaban J connectivity index is 2.12. The smallest absolute Gasteiger partial charge is 0.123 e. The van der Waals surface area contributed by atoms with Gasteiger partial charge < -0.3 is 10.1 Å². The largest absolute Gasteiger partial charge is 0.493 e. The van der Waals surface area contributed by atoms with Gasteiger partial charge in [0.25, 0.3) is 0 Å². The molecule has 1 aromatic rings. The maximum absolute atomic E-state index is 6.09. The van der Waals surface area contributed by atoms with E-state index < -0.39 is 0 Å². The van der Waals surface area contributed by atoms with Crippen LogP contribution in [0.3, 0.4) is 0 Å². The van der Waals surface area contributed by atoms with Crippen LogP contribution >= 0.6 is 0 Å². The molecule has 1 fully saturated rings. The zero-order valence-corrected chi connectivity index (χ0v) is 12.0. The molecular weight excluding hydrogens is 222 g/mol. The van der Waals surface area contributed by atoms with Gasteiger partial charge in [-0.25, -0.2) is 0 Å². The van der Waals surface area contributed by atoms with Crippen LogP contribution in [0.25, 0.3) is 0 Å². The van der Waals surface area contributed by atoms with Crippen LogP contribution in [0.15, 0.2) is 18.2 Å². The maximum Gasteiger partial charge on any atom is 0.123 e. The van der Waals surface area contributed by atoms with Crippen molar-refractivity contribution < 1.29 is 4.74 Å². The van der Waals surface area contributed by atoms with Crippen LogP contribution in [0.4, 0.5) is 0 Å². The van der Waals surface area contributed by atoms with Gasteiger partial charge in [0.1, 0.15) is 5.75 Å². The fourth-order valence-corrected chi connectivity index (χ4v) is 2.43. The molecule has 1 aromatic carbocycles. The zero-order valence-electron chi connectivity index (χ0n) is 12.0. The van der Waals surface area contributed by atoms with Crippen molar-refractivity contribution in [1.29, 1.82) is 0 Å². The minimum absolute atomic E-state index is 0.136. The maximum atomic E-state index is 6.09. The van der Waals surface area contributed by atoms with Crippen LogP contribution in [0, 0.1) is 12.8 Å². The Hall–Kier alpha value is -1.02. The highest BCUT2D eigenvalue weighted by Crippen LogP contribution is 2.32. The number of hydrogen-bond donors (Lipinski definition) is 1. The van der Waals surface area contributed by atoms with Crippen molar-refractivity contribution in [3.63, 3.8) is 0 Å². The third-order valence-electron chi connectivity index (χ3n) is 3.58. The van der Waals surface area contributed by atoms with Crippen LogP contribution < -0.4 is 10.1 Å². The van der Waals surface area contributed by atoms with Gasteiger partial charge in [0.05, 0.1) is 6.61 Å². The first-order valence-corrected chi connectivity index (χ1v) is 6.91. The molecule has 100 valence electrons. The van der Waals surface area contributed by atoms with Gasteiger partial charge >= 0.3 is 0 Å². The molecule has 0 radical (unpaired) electrons. The Kier molecular flexibility index (Phi) is 3.96. The third kappa shape index (κ3) is 3.26. The fraction of sp³-hybridized carbons (Fsp3) is 0.625. The average Bonchev–Trinajstić information content (AvgIpc) is 2.77. The van der Waals surface area contributed by atoms with Crippen molar-refractivity contribution >= 4 is 0 Å². The molecule has 2 nitrogen and oxygen atoms in total. The Labute approximate surface area is 111 Å². The van der Waals surface area contributed by atoms with E-state index in [-0.39, 0.29) is 5.41 Å². The summed E-state index contributed by atoms with van der Waals surface area (Å²) in [6, 6.07) is 6.55. The number of benzene rings is 1. The molecular formula is C16H25NO. The van der Waals surface area contributed by atoms with E-state index in [1.165, 1.54) is 17.5 Å². The summed E-state index contributed by atoms with van der Waals surface area (Å²) >= 11 is 0. The molecule has 2 rings (SSSR count). The average molecular weight is 247 g/mol. The lowest BCUT2D eigenvalue weighted by Gasteiger charge is -2.24. The molecule has 0 aromatic heterocycles. The first kappa shape index (κ1) is 13.4. The molecule has 0 aliphatic carbocycles. The molecule has 1 saturated heterocycles. The van der Waals surface area contributed by atoms with Crippen molar-refractivity contribution in [2.24, 2.45) is 5.92 Å². The van der Waals surface area contributed by atoms with E-state index in [0.29, 0.717) is 5.92 Å². The molecule has 18 heavy (non-hydrogen) atoms. The van der Waals surface area contributed by atoms with Crippen molar-refractivity contribution in [3.8, 4) is 5.75 Å². The Morgan fingerprint density at radius 1 is 1.33 bits per heavy atom. The number of rotatable bonds is 3. The van der Waals surface area contributed by atoms with Gasteiger partial charge in [-0.2, -0.15) is 0 Å². The lowest BCUT2D eigenvalue weighted by molar-refractivity contribution is 0.254. The monoisotopic (exact) mass is 247 g/mol. The fourth-order valence-electron chi connectivity index (χ4n) is 2.43. The Morgan fingerprint density at radius 2 is 2.11 bits per heavy atom. The number of ether oxygens (including phenoxy) is 1. The first-order valence-electron chi connectivity index (χ1n) is 6.91. The summed E-state index contributed by atoms with van der Waals surface area (Å²) in [7, 11) is 0. The molecule has 2 heteroatoms. The second kappa shape index (κ2) is 5.31. The van der Waals surface area contributed by atoms with Crippen LogP contribution in [0.2, 0.25) is 0 Å². The highest BCUT2D eigenvalue weighted by Gasteiger charge is 2.20. The van der Waals surface area contributed by atoms with Crippen molar-refractivity contribution in [1.82, 2.24) is 5.32 Å². The van der Waals surface area contributed by atoms with E-state index in [0.717, 1.165) is 25.4 Å². The summed E-state index contributed by atoms with van der Waals surface area (Å²) in [5, 5.41) is 3.38. The number of hydrogen-bond acceptors (Lipinski definition) is 2. The van der Waals surface area contributed by atoms with Gasteiger partial charge in [0.15, 0.2) is 0 Å². The summed E-state index contributed by atoms with van der Waals surface area (Å²) in [4.78, 5) is 0. The highest BCUT2D eigenvalue weighted by molar-refractivity contribution is 5.41. The summed E-state index contributed by atoms with van der Waals surface area (Å²) in [6.07, 6.45) is 1.23. The quantitative estimate of drug-likeness (QED) is 0.885. The standard InChI is InChI=1S/C16H25NO/c1-12-5-6-14(16(2,3)4)15(9-12)18-11-13-7-8-17-10-13/h5-6,9,13,17H,7-8,10-11H2,1-4H3. The molecule has 1 atom stereocenters. The second-order valence-electron chi connectivity index (χ2n) is 6.42. The van der Waals surface area contributed by atoms with E-state index >= 15 is 0 Å². The minimum atomic E-state index is 0.136. The molecule has 1 aliphatic rings. The second-order valence-corrected chi connectivity index (χ2v) is 6.42. The van der Waals surface area contributed by atoms with Crippen LogP contribution in [0.5, 0.6) is 5.75 Å². The molecule has 0 amide bonds. The van der Waals surface area contributed by atoms with Crippen LogP contribution in [0.1, 0.15) is 38.3 Å². The van der Waals surface area contributed by atoms with Crippen LogP contribution in [-0.4, -0.2) is 19.7 Å². The van der Waals surface area contributed by atoms with E-state index in [1.54, 1.807) is 0 Å². The lowest BCUT2D eigenvalue weighted by atomic mass is 9.86. The van der Waals surface area contributed by atoms with Gasteiger partial charge in [-0.1, -0.05) is 32.9 Å². The molecule has 1 unspecified atom stereocenters. The van der Waals surface area contributed by atoms with E-state index in [2.05, 4.69) is 51.2 Å². The van der Waals surface area contributed by atoms with Gasteiger partial charge in [-0.15, -0.1) is 0 Å². The molecule has 1 heterocycles. The third-order valence-corrected chi connectivity index (χ3v) is 3.58. The van der Waals surface area contributed by atoms with Gasteiger partial charge in [0.2, 0.25) is 0 Å². The molecule has 0 spiro atoms. The molecule has 1 N–H and O–H groups in total. The van der Waals surface area contributed by atoms with Crippen molar-refractivity contribution in [2.75, 3.05) is 19.7 Å². The van der Waals surface area contributed by atoms with E-state index in [9.17, 15) is 0 Å². The topological polar surface area (TPSA) is 21.3 Å². The minimum Gasteiger partial charge on any atom is -0.493 e. The van der Waals surface area contributed by atoms with Crippen molar-refractivity contribution in [3.05, 3.63) is 29.3 Å². The first-order chi connectivity index (χ1) is 8.47. The number of aryl methyl sites for hydroxylation is 1. The van der Waals surface area contributed by atoms with Crippen molar-refractivity contribution in [2.45, 2.75) is 39.5 Å². The Morgan fingerprint density at radius 3 is 2.72 bits per heavy atom. The zero-order chi connectivity index (χ0) is 13.2. The van der Waals surface area contributed by atoms with Gasteiger partial charge in [0, 0.05) is 12.5 Å². The lowest BCUT2D eigenvalue weighted by Crippen LogP contribution is -2.18. The van der Waals surface area contributed by atoms with E-state index in [4.69, 9.17) is 4.74 Å². The normalized spacial score (nSPS) is 20.1. The highest BCUT2D eigenvalue weighted by atomic mass is 16.5. The number of nitrogens with one attached hydrogen (secondary N) is 1. The molecule has 0 saturated carbocycles. The summed E-state index contributed by atoms with van der Waals surface area (Å²) in [5.41, 5.74) is 2.71. The Bertz CT molecular complexity index is 400. The van der Waals surface area contributed by atoms with Gasteiger partial charge in [-0.3, -0.25) is 0 Å². The predicted molar refractivity (Wildman–Crippen MR) is 76.4 cm³/mol. The van der Waals surface area contributed by atoms with Gasteiger partial charge in [-0.05, 0) is 42.5 Å². The predicted octanol–water partition coefficient (Wildman–Crippen LogP) is 3.28. The molecule has 0 bridgehead atoms. The van der Waals surface area contributed by atoms with E-state index in [1.807, 2.05) is 0 Å². The summed E-state index contributed by atoms with van der Waals surface area (Å²) < 4.78 is 6.09.